The van der Waals surface area contributed by atoms with Crippen LogP contribution in [-0.4, -0.2) is 59.9 Å². The SMILES string of the molecule is O=C(C1CCN(Cc2ccccc2F)CC1)N1CCN(Cc2ccccc2)CC1. The van der Waals surface area contributed by atoms with Gasteiger partial charge in [-0.05, 0) is 37.6 Å². The maximum Gasteiger partial charge on any atom is 0.225 e. The number of rotatable bonds is 5. The highest BCUT2D eigenvalue weighted by Gasteiger charge is 2.30. The average molecular weight is 396 g/mol. The summed E-state index contributed by atoms with van der Waals surface area (Å²) in [5.41, 5.74) is 2.07. The number of nitrogens with zero attached hydrogens (tertiary/aromatic N) is 3. The molecule has 0 unspecified atom stereocenters. The van der Waals surface area contributed by atoms with Gasteiger partial charge in [0, 0.05) is 50.7 Å². The van der Waals surface area contributed by atoms with Crippen LogP contribution in [0.5, 0.6) is 0 Å². The van der Waals surface area contributed by atoms with Crippen molar-refractivity contribution in [2.24, 2.45) is 5.92 Å². The van der Waals surface area contributed by atoms with E-state index in [0.717, 1.165) is 64.2 Å². The summed E-state index contributed by atoms with van der Waals surface area (Å²) in [4.78, 5) is 19.7. The predicted molar refractivity (Wildman–Crippen MR) is 113 cm³/mol. The van der Waals surface area contributed by atoms with Crippen molar-refractivity contribution < 1.29 is 9.18 Å². The molecular weight excluding hydrogens is 365 g/mol. The molecule has 0 radical (unpaired) electrons. The number of likely N-dealkylation sites (tertiary alicyclic amines) is 1. The van der Waals surface area contributed by atoms with Crippen LogP contribution in [0.4, 0.5) is 4.39 Å². The molecule has 2 heterocycles. The van der Waals surface area contributed by atoms with Crippen LogP contribution in [0.2, 0.25) is 0 Å². The summed E-state index contributed by atoms with van der Waals surface area (Å²) in [6.07, 6.45) is 1.75. The monoisotopic (exact) mass is 395 g/mol. The van der Waals surface area contributed by atoms with Crippen LogP contribution >= 0.6 is 0 Å². The van der Waals surface area contributed by atoms with Crippen molar-refractivity contribution in [2.75, 3.05) is 39.3 Å². The lowest BCUT2D eigenvalue weighted by Crippen LogP contribution is -2.51. The fourth-order valence-electron chi connectivity index (χ4n) is 4.43. The minimum atomic E-state index is -0.140. The van der Waals surface area contributed by atoms with Crippen LogP contribution in [0.15, 0.2) is 54.6 Å². The molecule has 29 heavy (non-hydrogen) atoms. The molecule has 2 aromatic carbocycles. The smallest absolute Gasteiger partial charge is 0.225 e. The molecule has 0 N–H and O–H groups in total. The Bertz CT molecular complexity index is 797. The van der Waals surface area contributed by atoms with Crippen molar-refractivity contribution >= 4 is 5.91 Å². The Morgan fingerprint density at radius 1 is 0.793 bits per heavy atom. The summed E-state index contributed by atoms with van der Waals surface area (Å²) in [6, 6.07) is 17.5. The van der Waals surface area contributed by atoms with Crippen LogP contribution < -0.4 is 0 Å². The summed E-state index contributed by atoms with van der Waals surface area (Å²) in [6.45, 7) is 6.82. The van der Waals surface area contributed by atoms with Gasteiger partial charge in [0.1, 0.15) is 5.82 Å². The molecule has 0 atom stereocenters. The normalized spacial score (nSPS) is 19.4. The molecule has 2 aromatic rings. The second-order valence-electron chi connectivity index (χ2n) is 8.23. The van der Waals surface area contributed by atoms with Crippen LogP contribution in [0.1, 0.15) is 24.0 Å². The maximum atomic E-state index is 13.9. The largest absolute Gasteiger partial charge is 0.340 e. The highest BCUT2D eigenvalue weighted by molar-refractivity contribution is 5.79. The van der Waals surface area contributed by atoms with Gasteiger partial charge in [-0.1, -0.05) is 48.5 Å². The molecule has 1 amide bonds. The van der Waals surface area contributed by atoms with Crippen LogP contribution in [0.3, 0.4) is 0 Å². The first-order chi connectivity index (χ1) is 14.2. The lowest BCUT2D eigenvalue weighted by Gasteiger charge is -2.38. The van der Waals surface area contributed by atoms with E-state index in [9.17, 15) is 9.18 Å². The van der Waals surface area contributed by atoms with Gasteiger partial charge in [0.05, 0.1) is 0 Å². The molecule has 2 fully saturated rings. The molecule has 2 aliphatic rings. The number of benzene rings is 2. The zero-order chi connectivity index (χ0) is 20.1. The predicted octanol–water partition coefficient (Wildman–Crippen LogP) is 3.38. The first-order valence-corrected chi connectivity index (χ1v) is 10.7. The first kappa shape index (κ1) is 20.0. The molecule has 0 aromatic heterocycles. The molecular formula is C24H30FN3O. The molecule has 0 saturated carbocycles. The van der Waals surface area contributed by atoms with Crippen molar-refractivity contribution in [3.63, 3.8) is 0 Å². The molecule has 154 valence electrons. The van der Waals surface area contributed by atoms with Crippen molar-refractivity contribution in [1.29, 1.82) is 0 Å². The number of carbonyl (C=O) groups excluding carboxylic acids is 1. The quantitative estimate of drug-likeness (QED) is 0.777. The Kier molecular flexibility index (Phi) is 6.57. The van der Waals surface area contributed by atoms with Crippen molar-refractivity contribution in [2.45, 2.75) is 25.9 Å². The van der Waals surface area contributed by atoms with E-state index in [0.29, 0.717) is 12.5 Å². The Morgan fingerprint density at radius 2 is 1.41 bits per heavy atom. The Labute approximate surface area is 172 Å². The first-order valence-electron chi connectivity index (χ1n) is 10.7. The summed E-state index contributed by atoms with van der Waals surface area (Å²) in [5.74, 6) is 0.293. The zero-order valence-corrected chi connectivity index (χ0v) is 17.0. The molecule has 0 aliphatic carbocycles. The number of piperazine rings is 1. The number of carbonyl (C=O) groups is 1. The molecule has 4 nitrogen and oxygen atoms in total. The third-order valence-corrected chi connectivity index (χ3v) is 6.22. The number of hydrogen-bond donors (Lipinski definition) is 0. The molecule has 0 bridgehead atoms. The van der Waals surface area contributed by atoms with Gasteiger partial charge in [-0.2, -0.15) is 0 Å². The van der Waals surface area contributed by atoms with Gasteiger partial charge in [0.25, 0.3) is 0 Å². The third kappa shape index (κ3) is 5.22. The van der Waals surface area contributed by atoms with Gasteiger partial charge in [-0.15, -0.1) is 0 Å². The topological polar surface area (TPSA) is 26.8 Å². The van der Waals surface area contributed by atoms with E-state index < -0.39 is 0 Å². The van der Waals surface area contributed by atoms with Crippen LogP contribution in [0, 0.1) is 11.7 Å². The molecule has 2 saturated heterocycles. The van der Waals surface area contributed by atoms with Gasteiger partial charge in [0.15, 0.2) is 0 Å². The molecule has 0 spiro atoms. The van der Waals surface area contributed by atoms with Gasteiger partial charge in [-0.3, -0.25) is 14.6 Å². The Morgan fingerprint density at radius 3 is 2.10 bits per heavy atom. The van der Waals surface area contributed by atoms with E-state index in [1.807, 2.05) is 18.2 Å². The highest BCUT2D eigenvalue weighted by atomic mass is 19.1. The van der Waals surface area contributed by atoms with E-state index in [4.69, 9.17) is 0 Å². The standard InChI is InChI=1S/C24H30FN3O/c25-23-9-5-4-8-22(23)19-26-12-10-21(11-13-26)24(29)28-16-14-27(15-17-28)18-20-6-2-1-3-7-20/h1-9,21H,10-19H2. The lowest BCUT2D eigenvalue weighted by molar-refractivity contribution is -0.139. The van der Waals surface area contributed by atoms with Crippen molar-refractivity contribution in [3.05, 3.63) is 71.5 Å². The summed E-state index contributed by atoms with van der Waals surface area (Å²) >= 11 is 0. The van der Waals surface area contributed by atoms with Gasteiger partial charge in [-0.25, -0.2) is 4.39 Å². The summed E-state index contributed by atoms with van der Waals surface area (Å²) < 4.78 is 13.9. The summed E-state index contributed by atoms with van der Waals surface area (Å²) in [7, 11) is 0. The lowest BCUT2D eigenvalue weighted by atomic mass is 9.94. The van der Waals surface area contributed by atoms with E-state index in [-0.39, 0.29) is 11.7 Å². The van der Waals surface area contributed by atoms with Gasteiger partial charge < -0.3 is 4.90 Å². The van der Waals surface area contributed by atoms with E-state index in [2.05, 4.69) is 39.0 Å². The Balaban J connectivity index is 1.21. The second-order valence-corrected chi connectivity index (χ2v) is 8.23. The number of halogens is 1. The number of piperidine rings is 1. The fourth-order valence-corrected chi connectivity index (χ4v) is 4.43. The molecule has 5 heteroatoms. The van der Waals surface area contributed by atoms with E-state index in [1.54, 1.807) is 6.07 Å². The second kappa shape index (κ2) is 9.51. The highest BCUT2D eigenvalue weighted by Crippen LogP contribution is 2.23. The third-order valence-electron chi connectivity index (χ3n) is 6.22. The van der Waals surface area contributed by atoms with Crippen LogP contribution in [-0.2, 0) is 17.9 Å². The summed E-state index contributed by atoms with van der Waals surface area (Å²) in [5, 5.41) is 0. The molecule has 4 rings (SSSR count). The zero-order valence-electron chi connectivity index (χ0n) is 17.0. The average Bonchev–Trinajstić information content (AvgIpc) is 2.77. The molecule has 2 aliphatic heterocycles. The van der Waals surface area contributed by atoms with Gasteiger partial charge >= 0.3 is 0 Å². The number of hydrogen-bond acceptors (Lipinski definition) is 3. The number of amides is 1. The Hall–Kier alpha value is -2.24. The van der Waals surface area contributed by atoms with E-state index in [1.165, 1.54) is 11.6 Å². The minimum absolute atomic E-state index is 0.118. The fraction of sp³-hybridized carbons (Fsp3) is 0.458. The maximum absolute atomic E-state index is 13.9. The van der Waals surface area contributed by atoms with Crippen LogP contribution in [0.25, 0.3) is 0 Å². The van der Waals surface area contributed by atoms with Crippen molar-refractivity contribution in [1.82, 2.24) is 14.7 Å². The van der Waals surface area contributed by atoms with E-state index >= 15 is 0 Å². The van der Waals surface area contributed by atoms with Gasteiger partial charge in [0.2, 0.25) is 5.91 Å². The minimum Gasteiger partial charge on any atom is -0.340 e. The van der Waals surface area contributed by atoms with Crippen molar-refractivity contribution in [3.8, 4) is 0 Å².